The van der Waals surface area contributed by atoms with Crippen LogP contribution < -0.4 is 10.5 Å². The van der Waals surface area contributed by atoms with E-state index in [2.05, 4.69) is 0 Å². The van der Waals surface area contributed by atoms with E-state index in [0.29, 0.717) is 17.9 Å². The molecule has 120 valence electrons. The van der Waals surface area contributed by atoms with Crippen molar-refractivity contribution in [3.05, 3.63) is 88.5 Å². The highest BCUT2D eigenvalue weighted by atomic mass is 16.6. The molecule has 0 fully saturated rings. The molecule has 0 amide bonds. The van der Waals surface area contributed by atoms with Crippen molar-refractivity contribution in [2.24, 2.45) is 0 Å². The van der Waals surface area contributed by atoms with Crippen molar-refractivity contribution in [2.45, 2.75) is 6.61 Å². The molecule has 0 heterocycles. The number of hydrogen-bond acceptors (Lipinski definition) is 4. The van der Waals surface area contributed by atoms with Gasteiger partial charge in [-0.1, -0.05) is 54.6 Å². The maximum atomic E-state index is 11.1. The monoisotopic (exact) mass is 320 g/mol. The van der Waals surface area contributed by atoms with Crippen molar-refractivity contribution in [1.29, 1.82) is 0 Å². The summed E-state index contributed by atoms with van der Waals surface area (Å²) >= 11 is 0. The summed E-state index contributed by atoms with van der Waals surface area (Å²) in [5, 5.41) is 11.1. The Morgan fingerprint density at radius 3 is 2.42 bits per heavy atom. The highest BCUT2D eigenvalue weighted by Crippen LogP contribution is 2.34. The first-order chi connectivity index (χ1) is 11.6. The summed E-state index contributed by atoms with van der Waals surface area (Å²) in [5.41, 5.74) is 8.24. The van der Waals surface area contributed by atoms with E-state index in [1.807, 2.05) is 54.6 Å². The third kappa shape index (κ3) is 3.35. The Bertz CT molecular complexity index is 863. The van der Waals surface area contributed by atoms with Crippen molar-refractivity contribution in [2.75, 3.05) is 5.73 Å². The van der Waals surface area contributed by atoms with Crippen LogP contribution in [0.5, 0.6) is 5.75 Å². The molecule has 3 aromatic rings. The molecule has 2 N–H and O–H groups in total. The number of nitro groups is 1. The Kier molecular flexibility index (Phi) is 4.43. The van der Waals surface area contributed by atoms with Crippen LogP contribution in [0, 0.1) is 10.1 Å². The van der Waals surface area contributed by atoms with Crippen molar-refractivity contribution < 1.29 is 9.66 Å². The molecule has 5 heteroatoms. The summed E-state index contributed by atoms with van der Waals surface area (Å²) in [4.78, 5) is 10.6. The Hall–Kier alpha value is -3.34. The van der Waals surface area contributed by atoms with Gasteiger partial charge in [0, 0.05) is 11.6 Å². The molecule has 3 aromatic carbocycles. The largest absolute Gasteiger partial charge is 0.488 e. The molecule has 5 nitrogen and oxygen atoms in total. The van der Waals surface area contributed by atoms with E-state index in [9.17, 15) is 10.1 Å². The molecule has 0 aromatic heterocycles. The second kappa shape index (κ2) is 6.83. The zero-order valence-electron chi connectivity index (χ0n) is 12.9. The zero-order valence-corrected chi connectivity index (χ0v) is 12.9. The van der Waals surface area contributed by atoms with Crippen molar-refractivity contribution in [3.63, 3.8) is 0 Å². The topological polar surface area (TPSA) is 78.4 Å². The number of para-hydroxylation sites is 1. The van der Waals surface area contributed by atoms with Crippen LogP contribution in [-0.4, -0.2) is 4.92 Å². The lowest BCUT2D eigenvalue weighted by Gasteiger charge is -2.12. The molecule has 0 radical (unpaired) electrons. The first-order valence-electron chi connectivity index (χ1n) is 7.45. The van der Waals surface area contributed by atoms with E-state index in [1.54, 1.807) is 12.1 Å². The van der Waals surface area contributed by atoms with Gasteiger partial charge in [-0.2, -0.15) is 0 Å². The van der Waals surface area contributed by atoms with E-state index < -0.39 is 4.92 Å². The molecular formula is C19H16N2O3. The number of anilines is 1. The molecule has 0 spiro atoms. The minimum absolute atomic E-state index is 0.106. The number of nitrogens with zero attached hydrogens (tertiary/aromatic N) is 1. The third-order valence-electron chi connectivity index (χ3n) is 3.66. The third-order valence-corrected chi connectivity index (χ3v) is 3.66. The molecule has 0 bridgehead atoms. The van der Waals surface area contributed by atoms with Crippen LogP contribution in [0.3, 0.4) is 0 Å². The van der Waals surface area contributed by atoms with Crippen molar-refractivity contribution in [1.82, 2.24) is 0 Å². The molecule has 0 unspecified atom stereocenters. The van der Waals surface area contributed by atoms with Crippen LogP contribution in [0.25, 0.3) is 11.1 Å². The van der Waals surface area contributed by atoms with Gasteiger partial charge in [-0.3, -0.25) is 10.1 Å². The van der Waals surface area contributed by atoms with Gasteiger partial charge in [0.1, 0.15) is 18.0 Å². The maximum Gasteiger partial charge on any atom is 0.292 e. The molecule has 3 rings (SSSR count). The summed E-state index contributed by atoms with van der Waals surface area (Å²) in [5.74, 6) is 0.667. The summed E-state index contributed by atoms with van der Waals surface area (Å²) in [6.07, 6.45) is 0. The first-order valence-corrected chi connectivity index (χ1v) is 7.45. The van der Waals surface area contributed by atoms with E-state index >= 15 is 0 Å². The second-order valence-electron chi connectivity index (χ2n) is 5.30. The van der Waals surface area contributed by atoms with Crippen LogP contribution in [0.15, 0.2) is 72.8 Å². The summed E-state index contributed by atoms with van der Waals surface area (Å²) in [6.45, 7) is 0.426. The van der Waals surface area contributed by atoms with E-state index in [1.165, 1.54) is 6.07 Å². The van der Waals surface area contributed by atoms with Crippen LogP contribution in [0.2, 0.25) is 0 Å². The van der Waals surface area contributed by atoms with Gasteiger partial charge in [0.2, 0.25) is 0 Å². The second-order valence-corrected chi connectivity index (χ2v) is 5.30. The Morgan fingerprint density at radius 2 is 1.67 bits per heavy atom. The average molecular weight is 320 g/mol. The number of nitro benzene ring substituents is 1. The smallest absolute Gasteiger partial charge is 0.292 e. The standard InChI is InChI=1S/C19H16N2O3/c20-17-11-10-15(12-18(17)21(22)23)16-8-4-5-9-19(16)24-13-14-6-2-1-3-7-14/h1-12H,13,20H2. The molecule has 0 aliphatic heterocycles. The molecule has 0 aliphatic rings. The predicted molar refractivity (Wildman–Crippen MR) is 93.7 cm³/mol. The van der Waals surface area contributed by atoms with Gasteiger partial charge in [-0.05, 0) is 23.3 Å². The minimum atomic E-state index is -0.480. The van der Waals surface area contributed by atoms with Gasteiger partial charge in [-0.25, -0.2) is 0 Å². The fourth-order valence-electron chi connectivity index (χ4n) is 2.44. The molecule has 24 heavy (non-hydrogen) atoms. The first kappa shape index (κ1) is 15.6. The number of rotatable bonds is 5. The number of hydrogen-bond donors (Lipinski definition) is 1. The lowest BCUT2D eigenvalue weighted by Crippen LogP contribution is -1.98. The lowest BCUT2D eigenvalue weighted by molar-refractivity contribution is -0.383. The zero-order chi connectivity index (χ0) is 16.9. The average Bonchev–Trinajstić information content (AvgIpc) is 2.61. The highest BCUT2D eigenvalue weighted by molar-refractivity contribution is 5.76. The van der Waals surface area contributed by atoms with Crippen molar-refractivity contribution in [3.8, 4) is 16.9 Å². The molecule has 0 saturated heterocycles. The molecule has 0 saturated carbocycles. The van der Waals surface area contributed by atoms with Crippen molar-refractivity contribution >= 4 is 11.4 Å². The SMILES string of the molecule is Nc1ccc(-c2ccccc2OCc2ccccc2)cc1[N+](=O)[O-]. The van der Waals surface area contributed by atoms with E-state index in [0.717, 1.165) is 11.1 Å². The van der Waals surface area contributed by atoms with Gasteiger partial charge >= 0.3 is 0 Å². The quantitative estimate of drug-likeness (QED) is 0.429. The highest BCUT2D eigenvalue weighted by Gasteiger charge is 2.14. The Balaban J connectivity index is 1.92. The van der Waals surface area contributed by atoms with Gasteiger partial charge < -0.3 is 10.5 Å². The lowest BCUT2D eigenvalue weighted by atomic mass is 10.0. The van der Waals surface area contributed by atoms with E-state index in [-0.39, 0.29) is 11.4 Å². The van der Waals surface area contributed by atoms with Gasteiger partial charge in [0.25, 0.3) is 5.69 Å². The van der Waals surface area contributed by atoms with Gasteiger partial charge in [0.05, 0.1) is 4.92 Å². The van der Waals surface area contributed by atoms with E-state index in [4.69, 9.17) is 10.5 Å². The molecular weight excluding hydrogens is 304 g/mol. The fraction of sp³-hybridized carbons (Fsp3) is 0.0526. The number of ether oxygens (including phenoxy) is 1. The van der Waals surface area contributed by atoms with Gasteiger partial charge in [-0.15, -0.1) is 0 Å². The van der Waals surface area contributed by atoms with Crippen LogP contribution in [0.1, 0.15) is 5.56 Å². The van der Waals surface area contributed by atoms with Crippen LogP contribution in [0.4, 0.5) is 11.4 Å². The maximum absolute atomic E-state index is 11.1. The normalized spacial score (nSPS) is 10.3. The summed E-state index contributed by atoms with van der Waals surface area (Å²) in [7, 11) is 0. The number of nitrogen functional groups attached to an aromatic ring is 1. The number of benzene rings is 3. The van der Waals surface area contributed by atoms with Gasteiger partial charge in [0.15, 0.2) is 0 Å². The molecule has 0 atom stereocenters. The van der Waals surface area contributed by atoms with Crippen LogP contribution >= 0.6 is 0 Å². The predicted octanol–water partition coefficient (Wildman–Crippen LogP) is 4.42. The molecule has 0 aliphatic carbocycles. The number of nitrogens with two attached hydrogens (primary N) is 1. The summed E-state index contributed by atoms with van der Waals surface area (Å²) in [6, 6.07) is 22.0. The Labute approximate surface area is 139 Å². The minimum Gasteiger partial charge on any atom is -0.488 e. The fourth-order valence-corrected chi connectivity index (χ4v) is 2.44. The Morgan fingerprint density at radius 1 is 0.958 bits per heavy atom. The van der Waals surface area contributed by atoms with Crippen LogP contribution in [-0.2, 0) is 6.61 Å². The summed E-state index contributed by atoms with van der Waals surface area (Å²) < 4.78 is 5.91.